The first kappa shape index (κ1) is 30.0. The lowest BCUT2D eigenvalue weighted by atomic mass is 9.67. The molecule has 0 saturated carbocycles. The minimum absolute atomic E-state index is 0.386. The maximum Gasteiger partial charge on any atom is 0.0540 e. The van der Waals surface area contributed by atoms with Crippen LogP contribution in [0.4, 0.5) is 17.1 Å². The number of benzene rings is 9. The minimum atomic E-state index is -0.386. The van der Waals surface area contributed by atoms with E-state index in [1.54, 1.807) is 0 Å². The van der Waals surface area contributed by atoms with Crippen LogP contribution in [-0.2, 0) is 5.41 Å². The van der Waals surface area contributed by atoms with Crippen LogP contribution < -0.4 is 4.90 Å². The van der Waals surface area contributed by atoms with E-state index in [4.69, 9.17) is 0 Å². The van der Waals surface area contributed by atoms with Crippen molar-refractivity contribution < 1.29 is 0 Å². The fourth-order valence-corrected chi connectivity index (χ4v) is 9.67. The molecular weight excluding hydrogens is 639 g/mol. The molecule has 1 heterocycles. The summed E-state index contributed by atoms with van der Waals surface area (Å²) in [7, 11) is 0. The lowest BCUT2D eigenvalue weighted by Crippen LogP contribution is -2.33. The minimum Gasteiger partial charge on any atom is -0.309 e. The van der Waals surface area contributed by atoms with E-state index >= 15 is 0 Å². The Labute approximate surface area is 310 Å². The van der Waals surface area contributed by atoms with Crippen molar-refractivity contribution in [2.75, 3.05) is 4.90 Å². The lowest BCUT2D eigenvalue weighted by Gasteiger charge is -2.44. The van der Waals surface area contributed by atoms with E-state index in [2.05, 4.69) is 206 Å². The van der Waals surface area contributed by atoms with Crippen molar-refractivity contribution in [1.82, 2.24) is 0 Å². The predicted octanol–water partition coefficient (Wildman–Crippen LogP) is 14.1. The average Bonchev–Trinajstić information content (AvgIpc) is 3.50. The monoisotopic (exact) mass is 673 g/mol. The van der Waals surface area contributed by atoms with Gasteiger partial charge < -0.3 is 4.90 Å². The molecule has 0 fully saturated rings. The van der Waals surface area contributed by atoms with Crippen LogP contribution in [0.5, 0.6) is 0 Å². The summed E-state index contributed by atoms with van der Waals surface area (Å²) < 4.78 is 0. The molecule has 0 bridgehead atoms. The Morgan fingerprint density at radius 2 is 0.830 bits per heavy atom. The van der Waals surface area contributed by atoms with Gasteiger partial charge in [0.1, 0.15) is 0 Å². The van der Waals surface area contributed by atoms with Gasteiger partial charge in [-0.25, -0.2) is 0 Å². The highest BCUT2D eigenvalue weighted by Crippen LogP contribution is 2.64. The third-order valence-electron chi connectivity index (χ3n) is 11.8. The van der Waals surface area contributed by atoms with Gasteiger partial charge in [-0.3, -0.25) is 0 Å². The average molecular weight is 674 g/mol. The fraction of sp³-hybridized carbons (Fsp3) is 0.0385. The normalized spacial score (nSPS) is 15.3. The molecule has 248 valence electrons. The largest absolute Gasteiger partial charge is 0.309 e. The number of rotatable bonds is 4. The van der Waals surface area contributed by atoms with Gasteiger partial charge >= 0.3 is 0 Å². The molecule has 11 rings (SSSR count). The zero-order valence-corrected chi connectivity index (χ0v) is 29.4. The standard InChI is InChI=1S/C52H35N/c1-52-45-30-9-7-23-40(45)43-28-14-32-47(50(43)52)53(46-31-10-8-24-41(46)39-26-11-19-34-18-5-6-22-37(34)39)48-33-15-29-44(51(48)52)42-27-13-21-36-20-12-25-38(49(36)42)35-16-3-2-4-17-35/h2-33H,1H3. The molecule has 53 heavy (non-hydrogen) atoms. The molecule has 0 aromatic heterocycles. The lowest BCUT2D eigenvalue weighted by molar-refractivity contribution is 0.704. The van der Waals surface area contributed by atoms with Crippen LogP contribution in [-0.4, -0.2) is 0 Å². The number of fused-ring (bicyclic) bond motifs is 7. The molecule has 1 aliphatic heterocycles. The van der Waals surface area contributed by atoms with Gasteiger partial charge in [0.2, 0.25) is 0 Å². The van der Waals surface area contributed by atoms with E-state index in [1.807, 2.05) is 0 Å². The van der Waals surface area contributed by atoms with Gasteiger partial charge in [-0.2, -0.15) is 0 Å². The fourth-order valence-electron chi connectivity index (χ4n) is 9.67. The van der Waals surface area contributed by atoms with Crippen LogP contribution in [0.2, 0.25) is 0 Å². The zero-order chi connectivity index (χ0) is 35.1. The molecule has 0 saturated heterocycles. The molecule has 1 unspecified atom stereocenters. The molecule has 1 atom stereocenters. The van der Waals surface area contributed by atoms with Crippen LogP contribution in [0, 0.1) is 0 Å². The Kier molecular flexibility index (Phi) is 6.45. The first-order chi connectivity index (χ1) is 26.2. The Balaban J connectivity index is 1.26. The maximum absolute atomic E-state index is 2.56. The molecular formula is C52H35N. The second kappa shape index (κ2) is 11.4. The van der Waals surface area contributed by atoms with E-state index in [0.717, 1.165) is 0 Å². The van der Waals surface area contributed by atoms with Crippen LogP contribution in [0.3, 0.4) is 0 Å². The number of hydrogen-bond acceptors (Lipinski definition) is 1. The highest BCUT2D eigenvalue weighted by molar-refractivity contribution is 6.10. The first-order valence-corrected chi connectivity index (χ1v) is 18.5. The van der Waals surface area contributed by atoms with Crippen LogP contribution in [0.15, 0.2) is 194 Å². The summed E-state index contributed by atoms with van der Waals surface area (Å²) in [5.74, 6) is 0. The third kappa shape index (κ3) is 4.19. The van der Waals surface area contributed by atoms with Crippen molar-refractivity contribution in [2.45, 2.75) is 12.3 Å². The van der Waals surface area contributed by atoms with Crippen molar-refractivity contribution in [3.05, 3.63) is 211 Å². The van der Waals surface area contributed by atoms with Crippen molar-refractivity contribution in [3.8, 4) is 44.5 Å². The number of para-hydroxylation sites is 1. The van der Waals surface area contributed by atoms with Crippen LogP contribution >= 0.6 is 0 Å². The SMILES string of the molecule is CC12c3ccccc3-c3cccc(c31)N(c1ccccc1-c1cccc3ccccc13)c1cccc(-c3cccc4cccc(-c5ccccc5)c34)c12. The molecule has 9 aromatic carbocycles. The van der Waals surface area contributed by atoms with E-state index in [1.165, 1.54) is 99.8 Å². The molecule has 0 spiro atoms. The van der Waals surface area contributed by atoms with Gasteiger partial charge in [-0.15, -0.1) is 0 Å². The highest BCUT2D eigenvalue weighted by Gasteiger charge is 2.49. The summed E-state index contributed by atoms with van der Waals surface area (Å²) in [5.41, 5.74) is 17.4. The maximum atomic E-state index is 2.56. The third-order valence-corrected chi connectivity index (χ3v) is 11.8. The topological polar surface area (TPSA) is 3.24 Å². The van der Waals surface area contributed by atoms with Gasteiger partial charge in [0.05, 0.1) is 17.1 Å². The smallest absolute Gasteiger partial charge is 0.0540 e. The molecule has 1 aliphatic carbocycles. The van der Waals surface area contributed by atoms with Gasteiger partial charge in [0, 0.05) is 11.0 Å². The summed E-state index contributed by atoms with van der Waals surface area (Å²) in [5, 5.41) is 5.03. The summed E-state index contributed by atoms with van der Waals surface area (Å²) in [6.07, 6.45) is 0. The molecule has 1 nitrogen and oxygen atoms in total. The molecule has 9 aromatic rings. The second-order valence-electron chi connectivity index (χ2n) is 14.5. The number of hydrogen-bond donors (Lipinski definition) is 0. The summed E-state index contributed by atoms with van der Waals surface area (Å²) in [6.45, 7) is 2.47. The van der Waals surface area contributed by atoms with Crippen molar-refractivity contribution in [3.63, 3.8) is 0 Å². The quantitative estimate of drug-likeness (QED) is 0.180. The van der Waals surface area contributed by atoms with Gasteiger partial charge in [-0.1, -0.05) is 176 Å². The summed E-state index contributed by atoms with van der Waals surface area (Å²) >= 11 is 0. The van der Waals surface area contributed by atoms with Crippen LogP contribution in [0.25, 0.3) is 66.1 Å². The first-order valence-electron chi connectivity index (χ1n) is 18.5. The zero-order valence-electron chi connectivity index (χ0n) is 29.4. The molecule has 2 aliphatic rings. The van der Waals surface area contributed by atoms with Gasteiger partial charge in [0.15, 0.2) is 0 Å². The second-order valence-corrected chi connectivity index (χ2v) is 14.5. The van der Waals surface area contributed by atoms with E-state index in [9.17, 15) is 0 Å². The van der Waals surface area contributed by atoms with E-state index < -0.39 is 0 Å². The van der Waals surface area contributed by atoms with Crippen molar-refractivity contribution in [2.24, 2.45) is 0 Å². The Hall–Kier alpha value is -6.70. The predicted molar refractivity (Wildman–Crippen MR) is 223 cm³/mol. The molecule has 0 amide bonds. The summed E-state index contributed by atoms with van der Waals surface area (Å²) in [4.78, 5) is 2.56. The summed E-state index contributed by atoms with van der Waals surface area (Å²) in [6, 6.07) is 71.8. The van der Waals surface area contributed by atoms with E-state index in [0.29, 0.717) is 0 Å². The number of anilines is 3. The number of nitrogens with zero attached hydrogens (tertiary/aromatic N) is 1. The van der Waals surface area contributed by atoms with Crippen molar-refractivity contribution in [1.29, 1.82) is 0 Å². The van der Waals surface area contributed by atoms with Gasteiger partial charge in [-0.05, 0) is 102 Å². The Morgan fingerprint density at radius 1 is 0.340 bits per heavy atom. The van der Waals surface area contributed by atoms with Crippen LogP contribution in [0.1, 0.15) is 23.6 Å². The van der Waals surface area contributed by atoms with Crippen molar-refractivity contribution >= 4 is 38.6 Å². The highest BCUT2D eigenvalue weighted by atomic mass is 15.2. The van der Waals surface area contributed by atoms with Gasteiger partial charge in [0.25, 0.3) is 0 Å². The van der Waals surface area contributed by atoms with E-state index in [-0.39, 0.29) is 5.41 Å². The Morgan fingerprint density at radius 3 is 1.60 bits per heavy atom. The molecule has 1 heteroatoms. The Bertz CT molecular complexity index is 2910. The molecule has 0 N–H and O–H groups in total. The molecule has 0 radical (unpaired) electrons.